The van der Waals surface area contributed by atoms with Crippen LogP contribution in [0.25, 0.3) is 0 Å². The highest BCUT2D eigenvalue weighted by atomic mass is 16.2. The zero-order valence-corrected chi connectivity index (χ0v) is 14.8. The Bertz CT molecular complexity index is 644. The Labute approximate surface area is 143 Å². The van der Waals surface area contributed by atoms with E-state index < -0.39 is 5.41 Å². The molecule has 0 aromatic heterocycles. The van der Waals surface area contributed by atoms with E-state index in [2.05, 4.69) is 35.4 Å². The lowest BCUT2D eigenvalue weighted by Crippen LogP contribution is -2.41. The van der Waals surface area contributed by atoms with Crippen molar-refractivity contribution in [1.82, 2.24) is 5.32 Å². The van der Waals surface area contributed by atoms with Gasteiger partial charge in [-0.05, 0) is 70.2 Å². The zero-order valence-electron chi connectivity index (χ0n) is 14.8. The summed E-state index contributed by atoms with van der Waals surface area (Å²) in [5.41, 5.74) is 2.13. The summed E-state index contributed by atoms with van der Waals surface area (Å²) >= 11 is 0. The van der Waals surface area contributed by atoms with Crippen molar-refractivity contribution in [3.8, 4) is 0 Å². The topological polar surface area (TPSA) is 61.4 Å². The van der Waals surface area contributed by atoms with E-state index in [-0.39, 0.29) is 17.9 Å². The summed E-state index contributed by atoms with van der Waals surface area (Å²) in [5.74, 6) is -0.265. The Morgan fingerprint density at radius 3 is 2.33 bits per heavy atom. The maximum Gasteiger partial charge on any atom is 0.240 e. The lowest BCUT2D eigenvalue weighted by molar-refractivity contribution is -0.134. The molecule has 3 rings (SSSR count). The van der Waals surface area contributed by atoms with Gasteiger partial charge in [0.25, 0.3) is 0 Å². The summed E-state index contributed by atoms with van der Waals surface area (Å²) < 4.78 is 0. The van der Waals surface area contributed by atoms with E-state index in [0.717, 1.165) is 42.9 Å². The van der Waals surface area contributed by atoms with Crippen LogP contribution in [0.4, 0.5) is 11.4 Å². The minimum absolute atomic E-state index is 0.0973. The highest BCUT2D eigenvalue weighted by Crippen LogP contribution is 2.47. The molecule has 2 aliphatic carbocycles. The summed E-state index contributed by atoms with van der Waals surface area (Å²) in [6.07, 6.45) is 3.37. The molecule has 1 aromatic carbocycles. The molecule has 2 amide bonds. The van der Waals surface area contributed by atoms with Crippen molar-refractivity contribution in [3.63, 3.8) is 0 Å². The largest absolute Gasteiger partial charge is 0.372 e. The van der Waals surface area contributed by atoms with Crippen LogP contribution in [0.5, 0.6) is 0 Å². The fourth-order valence-corrected chi connectivity index (χ4v) is 3.05. The van der Waals surface area contributed by atoms with Gasteiger partial charge in [-0.25, -0.2) is 0 Å². The number of nitrogens with one attached hydrogen (secondary N) is 2. The normalized spacial score (nSPS) is 18.0. The molecule has 2 N–H and O–H groups in total. The summed E-state index contributed by atoms with van der Waals surface area (Å²) in [7, 11) is 0. The molecule has 5 heteroatoms. The number of amides is 2. The molecule has 130 valence electrons. The van der Waals surface area contributed by atoms with Gasteiger partial charge in [-0.3, -0.25) is 9.59 Å². The molecule has 2 fully saturated rings. The van der Waals surface area contributed by atoms with Gasteiger partial charge in [-0.1, -0.05) is 0 Å². The third-order valence-electron chi connectivity index (χ3n) is 5.12. The van der Waals surface area contributed by atoms with Crippen molar-refractivity contribution in [1.29, 1.82) is 0 Å². The van der Waals surface area contributed by atoms with E-state index in [4.69, 9.17) is 0 Å². The second kappa shape index (κ2) is 6.46. The number of benzene rings is 1. The number of carbonyl (C=O) groups is 2. The van der Waals surface area contributed by atoms with Gasteiger partial charge >= 0.3 is 0 Å². The van der Waals surface area contributed by atoms with Crippen molar-refractivity contribution in [2.24, 2.45) is 5.41 Å². The Morgan fingerprint density at radius 2 is 1.83 bits per heavy atom. The predicted octanol–water partition coefficient (Wildman–Crippen LogP) is 2.84. The van der Waals surface area contributed by atoms with Crippen LogP contribution in [-0.4, -0.2) is 30.9 Å². The van der Waals surface area contributed by atoms with E-state index in [0.29, 0.717) is 12.8 Å². The van der Waals surface area contributed by atoms with E-state index in [1.54, 1.807) is 0 Å². The quantitative estimate of drug-likeness (QED) is 0.756. The van der Waals surface area contributed by atoms with Crippen molar-refractivity contribution in [2.75, 3.05) is 23.3 Å². The second-order valence-electron chi connectivity index (χ2n) is 6.96. The first-order valence-corrected chi connectivity index (χ1v) is 8.98. The van der Waals surface area contributed by atoms with Gasteiger partial charge < -0.3 is 15.5 Å². The number of nitrogens with zero attached hydrogens (tertiary/aromatic N) is 1. The third kappa shape index (κ3) is 3.25. The third-order valence-corrected chi connectivity index (χ3v) is 5.12. The van der Waals surface area contributed by atoms with Crippen molar-refractivity contribution < 1.29 is 9.59 Å². The van der Waals surface area contributed by atoms with Crippen molar-refractivity contribution in [3.05, 3.63) is 23.8 Å². The fraction of sp³-hybridized carbons (Fsp3) is 0.579. The Kier molecular flexibility index (Phi) is 4.52. The summed E-state index contributed by atoms with van der Waals surface area (Å²) in [6, 6.07) is 6.35. The lowest BCUT2D eigenvalue weighted by atomic mass is 10.0. The Balaban J connectivity index is 1.69. The molecule has 0 radical (unpaired) electrons. The molecule has 1 aromatic rings. The molecule has 0 aliphatic heterocycles. The van der Waals surface area contributed by atoms with Gasteiger partial charge in [0.2, 0.25) is 11.8 Å². The summed E-state index contributed by atoms with van der Waals surface area (Å²) in [4.78, 5) is 27.2. The van der Waals surface area contributed by atoms with E-state index in [1.165, 1.54) is 0 Å². The maximum atomic E-state index is 12.6. The lowest BCUT2D eigenvalue weighted by Gasteiger charge is -2.22. The highest BCUT2D eigenvalue weighted by Gasteiger charge is 2.57. The molecule has 2 aliphatic rings. The van der Waals surface area contributed by atoms with Gasteiger partial charge in [-0.15, -0.1) is 0 Å². The Hall–Kier alpha value is -2.04. The Morgan fingerprint density at radius 1 is 1.17 bits per heavy atom. The van der Waals surface area contributed by atoms with Gasteiger partial charge in [-0.2, -0.15) is 0 Å². The summed E-state index contributed by atoms with van der Waals surface area (Å²) in [6.45, 7) is 8.15. The van der Waals surface area contributed by atoms with Gasteiger partial charge in [0, 0.05) is 30.5 Å². The van der Waals surface area contributed by atoms with Crippen LogP contribution < -0.4 is 15.5 Å². The first-order valence-electron chi connectivity index (χ1n) is 8.98. The SMILES string of the molecule is CCN(CC)c1ccc(NC(=O)C2(C(=O)NC3CC3)CC2)c(C)c1. The molecule has 0 saturated heterocycles. The first kappa shape index (κ1) is 16.8. The average molecular weight is 329 g/mol. The minimum Gasteiger partial charge on any atom is -0.372 e. The zero-order chi connectivity index (χ0) is 17.3. The van der Waals surface area contributed by atoms with E-state index >= 15 is 0 Å². The first-order chi connectivity index (χ1) is 11.5. The molecular weight excluding hydrogens is 302 g/mol. The van der Waals surface area contributed by atoms with Crippen LogP contribution in [0.2, 0.25) is 0 Å². The molecule has 2 saturated carbocycles. The van der Waals surface area contributed by atoms with E-state index in [1.807, 2.05) is 19.1 Å². The molecular formula is C19H27N3O2. The fourth-order valence-electron chi connectivity index (χ4n) is 3.05. The monoisotopic (exact) mass is 329 g/mol. The number of anilines is 2. The number of carbonyl (C=O) groups excluding carboxylic acids is 2. The standard InChI is InChI=1S/C19H27N3O2/c1-4-22(5-2)15-8-9-16(13(3)12-15)21-18(24)19(10-11-19)17(23)20-14-6-7-14/h8-9,12,14H,4-7,10-11H2,1-3H3,(H,20,23)(H,21,24). The molecule has 5 nitrogen and oxygen atoms in total. The maximum absolute atomic E-state index is 12.6. The van der Waals surface area contributed by atoms with Gasteiger partial charge in [0.1, 0.15) is 5.41 Å². The molecule has 0 spiro atoms. The molecule has 0 bridgehead atoms. The molecule has 24 heavy (non-hydrogen) atoms. The smallest absolute Gasteiger partial charge is 0.240 e. The number of rotatable bonds is 7. The number of hydrogen-bond acceptors (Lipinski definition) is 3. The molecule has 0 atom stereocenters. The second-order valence-corrected chi connectivity index (χ2v) is 6.96. The highest BCUT2D eigenvalue weighted by molar-refractivity contribution is 6.13. The number of hydrogen-bond donors (Lipinski definition) is 2. The van der Waals surface area contributed by atoms with Crippen LogP contribution in [0, 0.1) is 12.3 Å². The number of aryl methyl sites for hydroxylation is 1. The van der Waals surface area contributed by atoms with Crippen molar-refractivity contribution in [2.45, 2.75) is 52.5 Å². The van der Waals surface area contributed by atoms with Gasteiger partial charge in [0.15, 0.2) is 0 Å². The molecule has 0 unspecified atom stereocenters. The summed E-state index contributed by atoms with van der Waals surface area (Å²) in [5, 5.41) is 5.94. The van der Waals surface area contributed by atoms with Crippen LogP contribution in [0.3, 0.4) is 0 Å². The average Bonchev–Trinajstić information content (AvgIpc) is 3.45. The minimum atomic E-state index is -0.841. The van der Waals surface area contributed by atoms with Crippen LogP contribution in [-0.2, 0) is 9.59 Å². The van der Waals surface area contributed by atoms with Crippen LogP contribution in [0.1, 0.15) is 45.1 Å². The van der Waals surface area contributed by atoms with Gasteiger partial charge in [0.05, 0.1) is 0 Å². The van der Waals surface area contributed by atoms with Crippen LogP contribution >= 0.6 is 0 Å². The van der Waals surface area contributed by atoms with Crippen molar-refractivity contribution >= 4 is 23.2 Å². The molecule has 0 heterocycles. The van der Waals surface area contributed by atoms with Crippen LogP contribution in [0.15, 0.2) is 18.2 Å². The van der Waals surface area contributed by atoms with E-state index in [9.17, 15) is 9.59 Å². The predicted molar refractivity (Wildman–Crippen MR) is 96.2 cm³/mol.